The highest BCUT2D eigenvalue weighted by molar-refractivity contribution is 5.88. The summed E-state index contributed by atoms with van der Waals surface area (Å²) in [5.74, 6) is -0.369. The van der Waals surface area contributed by atoms with Gasteiger partial charge in [0, 0.05) is 18.9 Å². The average molecular weight is 526 g/mol. The second-order valence-electron chi connectivity index (χ2n) is 11.6. The van der Waals surface area contributed by atoms with Gasteiger partial charge in [0.2, 0.25) is 0 Å². The van der Waals surface area contributed by atoms with Crippen LogP contribution in [0.15, 0.2) is 42.9 Å². The van der Waals surface area contributed by atoms with Gasteiger partial charge in [-0.3, -0.25) is 4.79 Å². The minimum Gasteiger partial charge on any atom is -0.468 e. The molecule has 1 aliphatic carbocycles. The first kappa shape index (κ1) is 28.9. The van der Waals surface area contributed by atoms with E-state index in [1.165, 1.54) is 7.11 Å². The molecule has 1 fully saturated rings. The number of hydrogen-bond acceptors (Lipinski definition) is 7. The number of ether oxygens (including phenoxy) is 3. The molecule has 0 spiro atoms. The first-order valence-electron chi connectivity index (χ1n) is 12.8. The molecule has 2 unspecified atom stereocenters. The molecule has 1 aliphatic rings. The van der Waals surface area contributed by atoms with Gasteiger partial charge >= 0.3 is 18.2 Å². The van der Waals surface area contributed by atoms with E-state index in [1.807, 2.05) is 53.4 Å². The molecule has 9 heteroatoms. The zero-order valence-electron chi connectivity index (χ0n) is 23.4. The lowest BCUT2D eigenvalue weighted by Crippen LogP contribution is -2.44. The lowest BCUT2D eigenvalue weighted by Gasteiger charge is -2.28. The number of imide groups is 1. The largest absolute Gasteiger partial charge is 0.468 e. The molecule has 9 nitrogen and oxygen atoms in total. The summed E-state index contributed by atoms with van der Waals surface area (Å²) in [6.45, 7) is 10.5. The van der Waals surface area contributed by atoms with Crippen LogP contribution in [0.4, 0.5) is 9.59 Å². The van der Waals surface area contributed by atoms with Crippen LogP contribution in [0.25, 0.3) is 12.3 Å². The Bertz CT molecular complexity index is 1130. The van der Waals surface area contributed by atoms with Crippen LogP contribution >= 0.6 is 0 Å². The molecule has 0 saturated heterocycles. The molecule has 0 radical (unpaired) electrons. The summed E-state index contributed by atoms with van der Waals surface area (Å²) >= 11 is 0. The molecular weight excluding hydrogens is 486 g/mol. The monoisotopic (exact) mass is 525 g/mol. The van der Waals surface area contributed by atoms with Gasteiger partial charge in [-0.15, -0.1) is 0 Å². The molecular formula is C29H39N3O6. The van der Waals surface area contributed by atoms with Crippen LogP contribution in [0.1, 0.15) is 72.1 Å². The predicted molar refractivity (Wildman–Crippen MR) is 144 cm³/mol. The van der Waals surface area contributed by atoms with Gasteiger partial charge in [0.15, 0.2) is 0 Å². The number of methoxy groups -OCH3 is 1. The fourth-order valence-electron chi connectivity index (χ4n) is 4.30. The third-order valence-electron chi connectivity index (χ3n) is 6.11. The fraction of sp³-hybridized carbons (Fsp3) is 0.517. The fourth-order valence-corrected chi connectivity index (χ4v) is 4.30. The van der Waals surface area contributed by atoms with E-state index >= 15 is 0 Å². The quantitative estimate of drug-likeness (QED) is 0.313. The molecule has 3 rings (SSSR count). The van der Waals surface area contributed by atoms with Crippen molar-refractivity contribution in [3.8, 4) is 0 Å². The number of imidazole rings is 1. The molecule has 0 N–H and O–H groups in total. The van der Waals surface area contributed by atoms with Gasteiger partial charge in [0.05, 0.1) is 19.1 Å². The highest BCUT2D eigenvalue weighted by Gasteiger charge is 2.63. The Morgan fingerprint density at radius 2 is 1.66 bits per heavy atom. The number of benzene rings is 1. The Balaban J connectivity index is 1.69. The van der Waals surface area contributed by atoms with E-state index in [1.54, 1.807) is 47.9 Å². The maximum atomic E-state index is 12.9. The van der Waals surface area contributed by atoms with Crippen LogP contribution < -0.4 is 0 Å². The zero-order valence-corrected chi connectivity index (χ0v) is 23.4. The molecule has 2 aromatic rings. The standard InChI is InChI=1S/C29H39N3O6/c1-27(2,3)37-25(34)32(26(35)38-28(4,5)6)16-11-14-22-18-29(22,24(33)36-7)23-19-31(20-30-23)17-15-21-12-9-8-10-13-21/h8-10,12-13,15,17,19-20,22H,11,14,16,18H2,1-7H3. The van der Waals surface area contributed by atoms with Crippen molar-refractivity contribution in [3.05, 3.63) is 54.1 Å². The zero-order chi connectivity index (χ0) is 28.1. The average Bonchev–Trinajstić information content (AvgIpc) is 3.35. The summed E-state index contributed by atoms with van der Waals surface area (Å²) in [5, 5.41) is 0. The molecule has 1 aromatic carbocycles. The van der Waals surface area contributed by atoms with E-state index in [2.05, 4.69) is 4.98 Å². The van der Waals surface area contributed by atoms with E-state index in [0.717, 1.165) is 10.5 Å². The van der Waals surface area contributed by atoms with Crippen LogP contribution in [0.2, 0.25) is 0 Å². The summed E-state index contributed by atoms with van der Waals surface area (Å²) in [7, 11) is 1.37. The van der Waals surface area contributed by atoms with Crippen LogP contribution in [0.5, 0.6) is 0 Å². The third kappa shape index (κ3) is 7.46. The predicted octanol–water partition coefficient (Wildman–Crippen LogP) is 5.89. The Labute approximate surface area is 224 Å². The number of carbonyl (C=O) groups is 3. The lowest BCUT2D eigenvalue weighted by molar-refractivity contribution is -0.144. The van der Waals surface area contributed by atoms with Crippen molar-refractivity contribution in [2.24, 2.45) is 5.92 Å². The third-order valence-corrected chi connectivity index (χ3v) is 6.11. The van der Waals surface area contributed by atoms with Crippen molar-refractivity contribution in [1.82, 2.24) is 14.5 Å². The van der Waals surface area contributed by atoms with Crippen molar-refractivity contribution in [2.45, 2.75) is 77.4 Å². The molecule has 0 aliphatic heterocycles. The minimum absolute atomic E-state index is 0.0319. The molecule has 0 bridgehead atoms. The second-order valence-corrected chi connectivity index (χ2v) is 11.6. The van der Waals surface area contributed by atoms with E-state index in [-0.39, 0.29) is 18.4 Å². The van der Waals surface area contributed by atoms with Crippen LogP contribution in [0, 0.1) is 5.92 Å². The van der Waals surface area contributed by atoms with Gasteiger partial charge in [-0.25, -0.2) is 19.5 Å². The van der Waals surface area contributed by atoms with Crippen LogP contribution in [-0.2, 0) is 24.4 Å². The van der Waals surface area contributed by atoms with Gasteiger partial charge in [0.25, 0.3) is 0 Å². The SMILES string of the molecule is COC(=O)C1(c2cn(C=Cc3ccccc3)cn2)CC1CCCN(C(=O)OC(C)(C)C)C(=O)OC(C)(C)C. The smallest absolute Gasteiger partial charge is 0.419 e. The van der Waals surface area contributed by atoms with E-state index in [9.17, 15) is 14.4 Å². The Kier molecular flexibility index (Phi) is 8.69. The highest BCUT2D eigenvalue weighted by atomic mass is 16.6. The number of amides is 2. The highest BCUT2D eigenvalue weighted by Crippen LogP contribution is 2.56. The van der Waals surface area contributed by atoms with Crippen molar-refractivity contribution in [1.29, 1.82) is 0 Å². The molecule has 38 heavy (non-hydrogen) atoms. The number of nitrogens with zero attached hydrogens (tertiary/aromatic N) is 3. The number of rotatable bonds is 8. The Morgan fingerprint density at radius 1 is 1.05 bits per heavy atom. The number of esters is 1. The van der Waals surface area contributed by atoms with E-state index in [0.29, 0.717) is 25.0 Å². The Hall–Kier alpha value is -3.62. The molecule has 1 aromatic heterocycles. The molecule has 2 amide bonds. The summed E-state index contributed by atoms with van der Waals surface area (Å²) in [5.41, 5.74) is -0.676. The number of aromatic nitrogens is 2. The van der Waals surface area contributed by atoms with E-state index in [4.69, 9.17) is 14.2 Å². The Morgan fingerprint density at radius 3 is 2.21 bits per heavy atom. The molecule has 1 saturated carbocycles. The van der Waals surface area contributed by atoms with Crippen molar-refractivity contribution in [3.63, 3.8) is 0 Å². The number of hydrogen-bond donors (Lipinski definition) is 0. The van der Waals surface area contributed by atoms with Crippen molar-refractivity contribution in [2.75, 3.05) is 13.7 Å². The summed E-state index contributed by atoms with van der Waals surface area (Å²) < 4.78 is 17.8. The molecule has 206 valence electrons. The van der Waals surface area contributed by atoms with Crippen LogP contribution in [0.3, 0.4) is 0 Å². The van der Waals surface area contributed by atoms with Crippen molar-refractivity contribution < 1.29 is 28.6 Å². The van der Waals surface area contributed by atoms with Gasteiger partial charge < -0.3 is 18.8 Å². The van der Waals surface area contributed by atoms with Gasteiger partial charge in [-0.2, -0.15) is 0 Å². The topological polar surface area (TPSA) is 100.0 Å². The van der Waals surface area contributed by atoms with Gasteiger partial charge in [-0.05, 0) is 78.4 Å². The number of carbonyl (C=O) groups excluding carboxylic acids is 3. The van der Waals surface area contributed by atoms with Crippen LogP contribution in [-0.4, -0.2) is 57.5 Å². The second kappa shape index (κ2) is 11.4. The summed E-state index contributed by atoms with van der Waals surface area (Å²) in [6, 6.07) is 9.89. The van der Waals surface area contributed by atoms with E-state index < -0.39 is 28.8 Å². The maximum absolute atomic E-state index is 12.9. The van der Waals surface area contributed by atoms with Gasteiger partial charge in [0.1, 0.15) is 16.6 Å². The van der Waals surface area contributed by atoms with Gasteiger partial charge in [-0.1, -0.05) is 30.3 Å². The first-order chi connectivity index (χ1) is 17.7. The van der Waals surface area contributed by atoms with Crippen molar-refractivity contribution >= 4 is 30.4 Å². The summed E-state index contributed by atoms with van der Waals surface area (Å²) in [6.07, 6.45) is 7.47. The summed E-state index contributed by atoms with van der Waals surface area (Å²) in [4.78, 5) is 43.9. The minimum atomic E-state index is -0.844. The molecule has 1 heterocycles. The maximum Gasteiger partial charge on any atom is 0.419 e. The first-order valence-corrected chi connectivity index (χ1v) is 12.8. The molecule has 2 atom stereocenters. The normalized spacial score (nSPS) is 19.2. The lowest BCUT2D eigenvalue weighted by atomic mass is 9.97.